The van der Waals surface area contributed by atoms with Crippen LogP contribution in [0.5, 0.6) is 0 Å². The highest BCUT2D eigenvalue weighted by atomic mass is 32.2. The fraction of sp³-hybridized carbons (Fsp3) is 0.417. The van der Waals surface area contributed by atoms with Gasteiger partial charge in [-0.05, 0) is 24.1 Å². The number of methoxy groups -OCH3 is 1. The molecule has 16 heavy (non-hydrogen) atoms. The van der Waals surface area contributed by atoms with E-state index in [2.05, 4.69) is 4.74 Å². The highest BCUT2D eigenvalue weighted by Gasteiger charge is 2.03. The molecular weight excluding hydrogens is 224 g/mol. The molecular formula is C12H16O3S. The van der Waals surface area contributed by atoms with E-state index in [1.54, 1.807) is 11.8 Å². The number of rotatable bonds is 5. The number of carbonyl (C=O) groups is 1. The Balaban J connectivity index is 2.51. The van der Waals surface area contributed by atoms with Crippen molar-refractivity contribution in [2.75, 3.05) is 12.9 Å². The first kappa shape index (κ1) is 13.1. The first-order valence-electron chi connectivity index (χ1n) is 5.07. The molecule has 0 saturated heterocycles. The van der Waals surface area contributed by atoms with Gasteiger partial charge in [0.05, 0.1) is 20.1 Å². The fourth-order valence-electron chi connectivity index (χ4n) is 1.32. The Labute approximate surface area is 99.8 Å². The molecule has 0 aliphatic carbocycles. The van der Waals surface area contributed by atoms with Gasteiger partial charge in [-0.1, -0.05) is 12.1 Å². The van der Waals surface area contributed by atoms with Crippen LogP contribution in [0.25, 0.3) is 0 Å². The normalized spacial score (nSPS) is 10.2. The van der Waals surface area contributed by atoms with E-state index in [4.69, 9.17) is 5.11 Å². The SMILES string of the molecule is COC(=O)CCSc1ccc(CO)cc1C. The minimum Gasteiger partial charge on any atom is -0.469 e. The fourth-order valence-corrected chi connectivity index (χ4v) is 2.26. The largest absolute Gasteiger partial charge is 0.469 e. The Morgan fingerprint density at radius 3 is 2.81 bits per heavy atom. The van der Waals surface area contributed by atoms with Gasteiger partial charge in [0.1, 0.15) is 0 Å². The van der Waals surface area contributed by atoms with Crippen molar-refractivity contribution in [1.82, 2.24) is 0 Å². The van der Waals surface area contributed by atoms with E-state index in [0.29, 0.717) is 12.2 Å². The standard InChI is InChI=1S/C12H16O3S/c1-9-7-10(8-13)3-4-11(9)16-6-5-12(14)15-2/h3-4,7,13H,5-6,8H2,1-2H3. The number of aryl methyl sites for hydroxylation is 1. The van der Waals surface area contributed by atoms with Crippen molar-refractivity contribution in [1.29, 1.82) is 0 Å². The minimum atomic E-state index is -0.183. The molecule has 0 amide bonds. The lowest BCUT2D eigenvalue weighted by Gasteiger charge is -2.06. The summed E-state index contributed by atoms with van der Waals surface area (Å²) in [5, 5.41) is 8.97. The predicted octanol–water partition coefficient (Wildman–Crippen LogP) is 2.14. The van der Waals surface area contributed by atoms with Crippen LogP contribution in [0.15, 0.2) is 23.1 Å². The van der Waals surface area contributed by atoms with Gasteiger partial charge in [0.25, 0.3) is 0 Å². The maximum Gasteiger partial charge on any atom is 0.306 e. The number of carbonyl (C=O) groups excluding carboxylic acids is 1. The Morgan fingerprint density at radius 2 is 2.25 bits per heavy atom. The molecule has 0 aliphatic heterocycles. The summed E-state index contributed by atoms with van der Waals surface area (Å²) in [6.07, 6.45) is 0.419. The second kappa shape index (κ2) is 6.55. The van der Waals surface area contributed by atoms with Gasteiger partial charge in [0.15, 0.2) is 0 Å². The summed E-state index contributed by atoms with van der Waals surface area (Å²) in [6, 6.07) is 5.83. The molecule has 0 saturated carbocycles. The Bertz CT molecular complexity index is 363. The van der Waals surface area contributed by atoms with Crippen molar-refractivity contribution in [3.8, 4) is 0 Å². The number of aliphatic hydroxyl groups excluding tert-OH is 1. The molecule has 1 N–H and O–H groups in total. The van der Waals surface area contributed by atoms with Gasteiger partial charge >= 0.3 is 5.97 Å². The molecule has 0 heterocycles. The molecule has 1 aromatic carbocycles. The van der Waals surface area contributed by atoms with Crippen molar-refractivity contribution in [2.24, 2.45) is 0 Å². The molecule has 0 spiro atoms. The lowest BCUT2D eigenvalue weighted by molar-refractivity contribution is -0.140. The molecule has 0 fully saturated rings. The predicted molar refractivity (Wildman–Crippen MR) is 64.5 cm³/mol. The number of esters is 1. The third kappa shape index (κ3) is 3.87. The molecule has 1 rings (SSSR count). The summed E-state index contributed by atoms with van der Waals surface area (Å²) in [5.41, 5.74) is 2.04. The van der Waals surface area contributed by atoms with Crippen LogP contribution < -0.4 is 0 Å². The minimum absolute atomic E-state index is 0.0634. The molecule has 88 valence electrons. The zero-order valence-corrected chi connectivity index (χ0v) is 10.3. The second-order valence-corrected chi connectivity index (χ2v) is 4.57. The average Bonchev–Trinajstić information content (AvgIpc) is 2.30. The first-order chi connectivity index (χ1) is 7.67. The number of benzene rings is 1. The van der Waals surface area contributed by atoms with E-state index in [9.17, 15) is 4.79 Å². The van der Waals surface area contributed by atoms with Gasteiger partial charge in [0.2, 0.25) is 0 Å². The monoisotopic (exact) mass is 240 g/mol. The molecule has 0 atom stereocenters. The van der Waals surface area contributed by atoms with Crippen LogP contribution in [0, 0.1) is 6.92 Å². The highest BCUT2D eigenvalue weighted by Crippen LogP contribution is 2.24. The van der Waals surface area contributed by atoms with Gasteiger partial charge in [-0.25, -0.2) is 0 Å². The number of hydrogen-bond donors (Lipinski definition) is 1. The summed E-state index contributed by atoms with van der Waals surface area (Å²) in [5.74, 6) is 0.531. The van der Waals surface area contributed by atoms with Gasteiger partial charge < -0.3 is 9.84 Å². The van der Waals surface area contributed by atoms with E-state index >= 15 is 0 Å². The zero-order chi connectivity index (χ0) is 12.0. The lowest BCUT2D eigenvalue weighted by atomic mass is 10.1. The maximum atomic E-state index is 10.9. The third-order valence-electron chi connectivity index (χ3n) is 2.21. The van der Waals surface area contributed by atoms with Crippen LogP contribution in [0.4, 0.5) is 0 Å². The zero-order valence-electron chi connectivity index (χ0n) is 9.53. The number of thioether (sulfide) groups is 1. The molecule has 4 heteroatoms. The van der Waals surface area contributed by atoms with Crippen LogP contribution in [-0.2, 0) is 16.1 Å². The van der Waals surface area contributed by atoms with Crippen molar-refractivity contribution in [3.05, 3.63) is 29.3 Å². The topological polar surface area (TPSA) is 46.5 Å². The molecule has 0 radical (unpaired) electrons. The molecule has 0 unspecified atom stereocenters. The van der Waals surface area contributed by atoms with Crippen LogP contribution in [0.1, 0.15) is 17.5 Å². The number of ether oxygens (including phenoxy) is 1. The molecule has 0 bridgehead atoms. The van der Waals surface area contributed by atoms with E-state index in [1.807, 2.05) is 25.1 Å². The Hall–Kier alpha value is -1.00. The molecule has 0 aliphatic rings. The van der Waals surface area contributed by atoms with E-state index in [1.165, 1.54) is 7.11 Å². The summed E-state index contributed by atoms with van der Waals surface area (Å²) >= 11 is 1.63. The molecule has 3 nitrogen and oxygen atoms in total. The van der Waals surface area contributed by atoms with Crippen LogP contribution in [0.2, 0.25) is 0 Å². The van der Waals surface area contributed by atoms with E-state index < -0.39 is 0 Å². The highest BCUT2D eigenvalue weighted by molar-refractivity contribution is 7.99. The van der Waals surface area contributed by atoms with Crippen molar-refractivity contribution in [2.45, 2.75) is 24.8 Å². The van der Waals surface area contributed by atoms with Crippen LogP contribution in [0.3, 0.4) is 0 Å². The van der Waals surface area contributed by atoms with Gasteiger partial charge in [0, 0.05) is 10.6 Å². The maximum absolute atomic E-state index is 10.9. The summed E-state index contributed by atoms with van der Waals surface area (Å²) in [7, 11) is 1.40. The van der Waals surface area contributed by atoms with Crippen LogP contribution >= 0.6 is 11.8 Å². The van der Waals surface area contributed by atoms with Crippen molar-refractivity contribution in [3.63, 3.8) is 0 Å². The Morgan fingerprint density at radius 1 is 1.50 bits per heavy atom. The van der Waals surface area contributed by atoms with Gasteiger partial charge in [-0.2, -0.15) is 0 Å². The summed E-state index contributed by atoms with van der Waals surface area (Å²) in [4.78, 5) is 12.1. The summed E-state index contributed by atoms with van der Waals surface area (Å²) < 4.78 is 4.57. The van der Waals surface area contributed by atoms with Crippen molar-refractivity contribution >= 4 is 17.7 Å². The molecule has 1 aromatic rings. The van der Waals surface area contributed by atoms with Gasteiger partial charge in [-0.3, -0.25) is 4.79 Å². The average molecular weight is 240 g/mol. The number of hydrogen-bond acceptors (Lipinski definition) is 4. The smallest absolute Gasteiger partial charge is 0.306 e. The van der Waals surface area contributed by atoms with Crippen molar-refractivity contribution < 1.29 is 14.6 Å². The first-order valence-corrected chi connectivity index (χ1v) is 6.06. The van der Waals surface area contributed by atoms with E-state index in [-0.39, 0.29) is 12.6 Å². The van der Waals surface area contributed by atoms with Crippen LogP contribution in [-0.4, -0.2) is 23.9 Å². The summed E-state index contributed by atoms with van der Waals surface area (Å²) in [6.45, 7) is 2.06. The Kier molecular flexibility index (Phi) is 5.35. The van der Waals surface area contributed by atoms with Gasteiger partial charge in [-0.15, -0.1) is 11.8 Å². The quantitative estimate of drug-likeness (QED) is 0.632. The van der Waals surface area contributed by atoms with E-state index in [0.717, 1.165) is 16.0 Å². The molecule has 0 aromatic heterocycles. The second-order valence-electron chi connectivity index (χ2n) is 3.43. The third-order valence-corrected chi connectivity index (χ3v) is 3.39. The number of aliphatic hydroxyl groups is 1. The lowest BCUT2D eigenvalue weighted by Crippen LogP contribution is -2.01.